The summed E-state index contributed by atoms with van der Waals surface area (Å²) in [5.41, 5.74) is 0. The maximum atomic E-state index is 12.8. The molecule has 0 amide bonds. The zero-order valence-corrected chi connectivity index (χ0v) is 60.2. The third-order valence-electron chi connectivity index (χ3n) is 17.3. The second kappa shape index (κ2) is 67.7. The van der Waals surface area contributed by atoms with Crippen molar-refractivity contribution in [1.29, 1.82) is 0 Å². The highest BCUT2D eigenvalue weighted by Crippen LogP contribution is 2.23. The molecule has 1 saturated heterocycles. The zero-order valence-electron chi connectivity index (χ0n) is 58.5. The van der Waals surface area contributed by atoms with E-state index in [9.17, 15) is 25.2 Å². The van der Waals surface area contributed by atoms with E-state index in [1.54, 1.807) is 0 Å². The van der Waals surface area contributed by atoms with E-state index in [1.807, 2.05) is 21.6 Å². The van der Waals surface area contributed by atoms with Gasteiger partial charge in [0.05, 0.1) is 24.4 Å². The van der Waals surface area contributed by atoms with Gasteiger partial charge in [-0.2, -0.15) is 0 Å². The SMILES string of the molecule is CC/C=C\C/C=C\C/C=C\CCCCCCC(O)CN(CCCCSSCCN1CCN(CCOC(=O)CCCCN(CC(O)CCCCCCCCCC)CC(O)CCCCCCCCCC)CC1)CC(O)CCCCCC/C=C\C/C=C\C/C=C\CC. The third kappa shape index (κ3) is 61.0. The number of esters is 1. The maximum absolute atomic E-state index is 12.8. The summed E-state index contributed by atoms with van der Waals surface area (Å²) in [4.78, 5) is 22.4. The highest BCUT2D eigenvalue weighted by atomic mass is 33.1. The van der Waals surface area contributed by atoms with Crippen LogP contribution < -0.4 is 0 Å². The normalized spacial score (nSPS) is 15.3. The molecule has 0 spiro atoms. The summed E-state index contributed by atoms with van der Waals surface area (Å²) in [6, 6.07) is 0. The second-order valence-electron chi connectivity index (χ2n) is 25.9. The lowest BCUT2D eigenvalue weighted by molar-refractivity contribution is -0.144. The number of piperazine rings is 1. The fraction of sp³-hybridized carbons (Fsp3) is 0.831. The van der Waals surface area contributed by atoms with Crippen molar-refractivity contribution in [2.45, 2.75) is 315 Å². The lowest BCUT2D eigenvalue weighted by Gasteiger charge is -2.34. The molecule has 10 nitrogen and oxygen atoms in total. The molecule has 0 radical (unpaired) electrons. The molecule has 1 fully saturated rings. The molecule has 89 heavy (non-hydrogen) atoms. The number of hydrogen-bond acceptors (Lipinski definition) is 12. The minimum Gasteiger partial charge on any atom is -0.464 e. The second-order valence-corrected chi connectivity index (χ2v) is 28.6. The maximum Gasteiger partial charge on any atom is 0.305 e. The van der Waals surface area contributed by atoms with Crippen LogP contribution in [0.2, 0.25) is 0 Å². The fourth-order valence-electron chi connectivity index (χ4n) is 11.7. The Labute approximate surface area is 558 Å². The zero-order chi connectivity index (χ0) is 64.4. The number of hydrogen-bond donors (Lipinski definition) is 4. The summed E-state index contributed by atoms with van der Waals surface area (Å²) in [5.74, 6) is 2.11. The first-order valence-corrected chi connectivity index (χ1v) is 40.1. The van der Waals surface area contributed by atoms with Gasteiger partial charge in [-0.25, -0.2) is 0 Å². The smallest absolute Gasteiger partial charge is 0.305 e. The van der Waals surface area contributed by atoms with E-state index in [0.717, 1.165) is 205 Å². The predicted octanol–water partition coefficient (Wildman–Crippen LogP) is 19.0. The first kappa shape index (κ1) is 85.3. The lowest BCUT2D eigenvalue weighted by Crippen LogP contribution is -2.47. The molecule has 4 atom stereocenters. The molecule has 1 aliphatic rings. The number of nitrogens with zero attached hydrogens (tertiary/aromatic N) is 4. The van der Waals surface area contributed by atoms with Gasteiger partial charge in [-0.05, 0) is 129 Å². The number of carbonyl (C=O) groups is 1. The van der Waals surface area contributed by atoms with Gasteiger partial charge >= 0.3 is 5.97 Å². The fourth-order valence-corrected chi connectivity index (χ4v) is 13.9. The Morgan fingerprint density at radius 3 is 1.13 bits per heavy atom. The standard InChI is InChI=1S/C77H144N4O6S2/c1-5-9-13-17-21-25-27-29-31-33-35-39-43-47-55-75(84)71-81(72-76(85)56-48-44-40-36-34-32-30-28-26-22-18-14-10-6-2)59-51-52-67-88-89-68-65-79-62-60-78(61-63-79)64-66-87-77(86)57-49-50-58-80(69-73(82)53-45-41-37-23-19-15-11-7-3)70-74(83)54-46-42-38-24-20-16-12-8-4/h9-10,13-14,21-22,25-26,29-32,73-76,82-85H,5-8,11-12,15-20,23-24,27-28,33-72H2,1-4H3/b13-9-,14-10-,25-21-,26-22-,31-29-,32-30-. The number of aliphatic hydroxyl groups is 4. The summed E-state index contributed by atoms with van der Waals surface area (Å²) in [6.07, 6.45) is 71.1. The van der Waals surface area contributed by atoms with Crippen molar-refractivity contribution in [2.75, 3.05) is 96.6 Å². The average molecular weight is 1290 g/mol. The van der Waals surface area contributed by atoms with E-state index in [4.69, 9.17) is 4.74 Å². The Morgan fingerprint density at radius 2 is 0.730 bits per heavy atom. The van der Waals surface area contributed by atoms with Crippen LogP contribution in [0.4, 0.5) is 0 Å². The first-order chi connectivity index (χ1) is 43.7. The van der Waals surface area contributed by atoms with Crippen molar-refractivity contribution in [3.63, 3.8) is 0 Å². The number of allylic oxidation sites excluding steroid dienone is 12. The molecule has 4 unspecified atom stereocenters. The average Bonchev–Trinajstić information content (AvgIpc) is 3.67. The van der Waals surface area contributed by atoms with Crippen molar-refractivity contribution in [3.05, 3.63) is 72.9 Å². The summed E-state index contributed by atoms with van der Waals surface area (Å²) < 4.78 is 5.72. The van der Waals surface area contributed by atoms with Crippen molar-refractivity contribution in [1.82, 2.24) is 19.6 Å². The van der Waals surface area contributed by atoms with Crippen molar-refractivity contribution < 1.29 is 30.0 Å². The summed E-state index contributed by atoms with van der Waals surface area (Å²) >= 11 is 0. The molecule has 1 heterocycles. The number of rotatable bonds is 67. The van der Waals surface area contributed by atoms with Gasteiger partial charge in [0, 0.05) is 83.4 Å². The van der Waals surface area contributed by atoms with Gasteiger partial charge in [0.1, 0.15) is 6.61 Å². The topological polar surface area (TPSA) is 120 Å². The van der Waals surface area contributed by atoms with E-state index in [2.05, 4.69) is 120 Å². The van der Waals surface area contributed by atoms with Crippen LogP contribution >= 0.6 is 21.6 Å². The Morgan fingerprint density at radius 1 is 0.393 bits per heavy atom. The molecule has 12 heteroatoms. The Balaban J connectivity index is 2.39. The Kier molecular flexibility index (Phi) is 64.9. The molecule has 0 aliphatic carbocycles. The molecule has 0 bridgehead atoms. The summed E-state index contributed by atoms with van der Waals surface area (Å²) in [6.45, 7) is 19.5. The van der Waals surface area contributed by atoms with Crippen LogP contribution in [0.5, 0.6) is 0 Å². The van der Waals surface area contributed by atoms with E-state index in [1.165, 1.54) is 116 Å². The molecule has 1 aliphatic heterocycles. The molecular formula is C77H144N4O6S2. The molecular weight excluding hydrogens is 1140 g/mol. The van der Waals surface area contributed by atoms with Gasteiger partial charge in [0.2, 0.25) is 0 Å². The van der Waals surface area contributed by atoms with E-state index in [0.29, 0.717) is 39.2 Å². The Hall–Kier alpha value is -1.71. The summed E-state index contributed by atoms with van der Waals surface area (Å²) in [7, 11) is 3.97. The molecule has 1 rings (SSSR count). The van der Waals surface area contributed by atoms with Crippen LogP contribution in [-0.4, -0.2) is 167 Å². The third-order valence-corrected chi connectivity index (χ3v) is 19.8. The van der Waals surface area contributed by atoms with Gasteiger partial charge in [-0.15, -0.1) is 0 Å². The number of aliphatic hydroxyl groups excluding tert-OH is 4. The monoisotopic (exact) mass is 1290 g/mol. The van der Waals surface area contributed by atoms with E-state index in [-0.39, 0.29) is 30.4 Å². The van der Waals surface area contributed by atoms with E-state index < -0.39 is 0 Å². The lowest BCUT2D eigenvalue weighted by atomic mass is 10.0. The van der Waals surface area contributed by atoms with Crippen molar-refractivity contribution in [3.8, 4) is 0 Å². The quantitative estimate of drug-likeness (QED) is 0.0201. The summed E-state index contributed by atoms with van der Waals surface area (Å²) in [5, 5.41) is 44.4. The highest BCUT2D eigenvalue weighted by molar-refractivity contribution is 8.76. The highest BCUT2D eigenvalue weighted by Gasteiger charge is 2.20. The van der Waals surface area contributed by atoms with Crippen molar-refractivity contribution >= 4 is 27.6 Å². The number of unbranched alkanes of at least 4 members (excludes halogenated alkanes) is 24. The van der Waals surface area contributed by atoms with Crippen LogP contribution in [0.1, 0.15) is 291 Å². The molecule has 4 N–H and O–H groups in total. The van der Waals surface area contributed by atoms with Crippen LogP contribution in [0.3, 0.4) is 0 Å². The van der Waals surface area contributed by atoms with Crippen LogP contribution in [0.25, 0.3) is 0 Å². The van der Waals surface area contributed by atoms with Gasteiger partial charge < -0.3 is 25.2 Å². The minimum atomic E-state index is -0.379. The molecule has 0 aromatic rings. The van der Waals surface area contributed by atoms with Crippen molar-refractivity contribution in [2.24, 2.45) is 0 Å². The predicted molar refractivity (Wildman–Crippen MR) is 392 cm³/mol. The van der Waals surface area contributed by atoms with Crippen LogP contribution in [-0.2, 0) is 9.53 Å². The van der Waals surface area contributed by atoms with Gasteiger partial charge in [0.25, 0.3) is 0 Å². The molecule has 0 saturated carbocycles. The number of carbonyl (C=O) groups excluding carboxylic acids is 1. The van der Waals surface area contributed by atoms with Crippen LogP contribution in [0, 0.1) is 0 Å². The van der Waals surface area contributed by atoms with Gasteiger partial charge in [-0.3, -0.25) is 24.4 Å². The molecule has 0 aromatic heterocycles. The van der Waals surface area contributed by atoms with Crippen LogP contribution in [0.15, 0.2) is 72.9 Å². The van der Waals surface area contributed by atoms with Gasteiger partial charge in [0.15, 0.2) is 0 Å². The first-order valence-electron chi connectivity index (χ1n) is 37.6. The molecule has 0 aromatic carbocycles. The largest absolute Gasteiger partial charge is 0.464 e. The van der Waals surface area contributed by atoms with Gasteiger partial charge in [-0.1, -0.05) is 263 Å². The minimum absolute atomic E-state index is 0.118. The van der Waals surface area contributed by atoms with E-state index >= 15 is 0 Å². The molecule has 520 valence electrons. The number of ether oxygens (including phenoxy) is 1. The Bertz CT molecular complexity index is 1590.